The van der Waals surface area contributed by atoms with Gasteiger partial charge in [-0.25, -0.2) is 0 Å². The first kappa shape index (κ1) is 16.5. The Hall–Kier alpha value is -0.880. The Bertz CT molecular complexity index is 468. The van der Waals surface area contributed by atoms with Gasteiger partial charge in [0, 0.05) is 50.8 Å². The van der Waals surface area contributed by atoms with Gasteiger partial charge in [0.1, 0.15) is 0 Å². The van der Waals surface area contributed by atoms with Gasteiger partial charge in [-0.15, -0.1) is 23.5 Å². The van der Waals surface area contributed by atoms with Gasteiger partial charge in [0.2, 0.25) is 0 Å². The number of allylic oxidation sites excluding steroid dienone is 2. The standard InChI is InChI=1S/C15H22N2O2S2/c1-15(2,11(18)9-13-16(3)5-7-20-13)12(19)10-14-17(4)6-8-21-14/h9-10H,5-8H2,1-4H3/b13-9-,14-10+. The van der Waals surface area contributed by atoms with Crippen molar-refractivity contribution < 1.29 is 9.59 Å². The van der Waals surface area contributed by atoms with Gasteiger partial charge in [-0.2, -0.15) is 0 Å². The summed E-state index contributed by atoms with van der Waals surface area (Å²) in [6.07, 6.45) is 3.25. The fraction of sp³-hybridized carbons (Fsp3) is 0.600. The van der Waals surface area contributed by atoms with Gasteiger partial charge in [0.25, 0.3) is 0 Å². The molecule has 0 radical (unpaired) electrons. The van der Waals surface area contributed by atoms with Gasteiger partial charge in [-0.05, 0) is 13.8 Å². The first-order valence-corrected chi connectivity index (χ1v) is 8.99. The Labute approximate surface area is 135 Å². The molecule has 2 heterocycles. The number of hydrogen-bond acceptors (Lipinski definition) is 6. The van der Waals surface area contributed by atoms with Crippen LogP contribution in [0.3, 0.4) is 0 Å². The number of carbonyl (C=O) groups excluding carboxylic acids is 2. The maximum atomic E-state index is 12.5. The van der Waals surface area contributed by atoms with E-state index in [9.17, 15) is 9.59 Å². The van der Waals surface area contributed by atoms with Crippen LogP contribution in [-0.4, -0.2) is 60.1 Å². The zero-order chi connectivity index (χ0) is 15.6. The van der Waals surface area contributed by atoms with E-state index in [-0.39, 0.29) is 11.6 Å². The zero-order valence-corrected chi connectivity index (χ0v) is 14.6. The van der Waals surface area contributed by atoms with Crippen LogP contribution in [0.1, 0.15) is 13.8 Å². The lowest BCUT2D eigenvalue weighted by atomic mass is 9.83. The SMILES string of the molecule is CN1CCS/C1=C\C(=O)C(C)(C)C(=O)/C=C1/SCCN1C. The van der Waals surface area contributed by atoms with Crippen LogP contribution in [-0.2, 0) is 9.59 Å². The molecule has 21 heavy (non-hydrogen) atoms. The molecule has 0 spiro atoms. The van der Waals surface area contributed by atoms with Gasteiger partial charge < -0.3 is 9.80 Å². The van der Waals surface area contributed by atoms with Crippen molar-refractivity contribution >= 4 is 35.1 Å². The predicted molar refractivity (Wildman–Crippen MR) is 90.1 cm³/mol. The van der Waals surface area contributed by atoms with E-state index in [0.717, 1.165) is 34.7 Å². The second-order valence-electron chi connectivity index (χ2n) is 5.86. The molecule has 0 saturated carbocycles. The third-order valence-electron chi connectivity index (χ3n) is 3.85. The van der Waals surface area contributed by atoms with E-state index in [1.54, 1.807) is 49.5 Å². The summed E-state index contributed by atoms with van der Waals surface area (Å²) in [6.45, 7) is 5.32. The first-order valence-electron chi connectivity index (χ1n) is 7.02. The van der Waals surface area contributed by atoms with Gasteiger partial charge in [-0.1, -0.05) is 0 Å². The number of thioether (sulfide) groups is 2. The van der Waals surface area contributed by atoms with Crippen molar-refractivity contribution in [3.63, 3.8) is 0 Å². The number of rotatable bonds is 4. The Morgan fingerprint density at radius 2 is 1.33 bits per heavy atom. The molecule has 2 saturated heterocycles. The largest absolute Gasteiger partial charge is 0.368 e. The second kappa shape index (κ2) is 6.48. The molecular formula is C15H22N2O2S2. The third kappa shape index (κ3) is 3.66. The molecule has 2 rings (SSSR count). The van der Waals surface area contributed by atoms with Crippen molar-refractivity contribution in [2.24, 2.45) is 5.41 Å². The lowest BCUT2D eigenvalue weighted by Gasteiger charge is -2.20. The van der Waals surface area contributed by atoms with Crippen LogP contribution in [0, 0.1) is 5.41 Å². The quantitative estimate of drug-likeness (QED) is 0.583. The molecule has 116 valence electrons. The molecule has 0 aromatic rings. The Kier molecular flexibility index (Phi) is 5.09. The Balaban J connectivity index is 2.13. The van der Waals surface area contributed by atoms with Crippen LogP contribution in [0.2, 0.25) is 0 Å². The number of carbonyl (C=O) groups is 2. The van der Waals surface area contributed by atoms with Crippen molar-refractivity contribution in [1.29, 1.82) is 0 Å². The molecule has 0 bridgehead atoms. The molecule has 2 aliphatic rings. The van der Waals surface area contributed by atoms with E-state index in [4.69, 9.17) is 0 Å². The van der Waals surface area contributed by atoms with Crippen molar-refractivity contribution in [2.75, 3.05) is 38.7 Å². The zero-order valence-electron chi connectivity index (χ0n) is 13.0. The molecule has 4 nitrogen and oxygen atoms in total. The minimum absolute atomic E-state index is 0.119. The minimum atomic E-state index is -1.01. The summed E-state index contributed by atoms with van der Waals surface area (Å²) >= 11 is 3.33. The van der Waals surface area contributed by atoms with Crippen molar-refractivity contribution in [2.45, 2.75) is 13.8 Å². The third-order valence-corrected chi connectivity index (χ3v) is 6.07. The van der Waals surface area contributed by atoms with Crippen LogP contribution in [0.5, 0.6) is 0 Å². The van der Waals surface area contributed by atoms with E-state index < -0.39 is 5.41 Å². The van der Waals surface area contributed by atoms with Crippen LogP contribution >= 0.6 is 23.5 Å². The normalized spacial score (nSPS) is 23.4. The molecule has 0 atom stereocenters. The molecule has 0 aliphatic carbocycles. The van der Waals surface area contributed by atoms with Crippen LogP contribution < -0.4 is 0 Å². The highest BCUT2D eigenvalue weighted by Crippen LogP contribution is 2.31. The summed E-state index contributed by atoms with van der Waals surface area (Å²) in [5, 5.41) is 1.92. The monoisotopic (exact) mass is 326 g/mol. The average Bonchev–Trinajstić information content (AvgIpc) is 3.00. The van der Waals surface area contributed by atoms with Crippen LogP contribution in [0.4, 0.5) is 0 Å². The predicted octanol–water partition coefficient (Wildman–Crippen LogP) is 2.19. The Morgan fingerprint density at radius 3 is 1.62 bits per heavy atom. The molecule has 0 amide bonds. The topological polar surface area (TPSA) is 40.6 Å². The highest BCUT2D eigenvalue weighted by Gasteiger charge is 2.34. The average molecular weight is 326 g/mol. The second-order valence-corrected chi connectivity index (χ2v) is 8.09. The number of ketones is 2. The molecule has 0 N–H and O–H groups in total. The number of hydrogen-bond donors (Lipinski definition) is 0. The molecule has 2 fully saturated rings. The molecule has 0 aromatic carbocycles. The highest BCUT2D eigenvalue weighted by atomic mass is 32.2. The van der Waals surface area contributed by atoms with E-state index in [1.165, 1.54) is 0 Å². The number of nitrogens with zero attached hydrogens (tertiary/aromatic N) is 2. The minimum Gasteiger partial charge on any atom is -0.368 e. The van der Waals surface area contributed by atoms with E-state index >= 15 is 0 Å². The Morgan fingerprint density at radius 1 is 0.952 bits per heavy atom. The molecular weight excluding hydrogens is 304 g/mol. The smallest absolute Gasteiger partial charge is 0.171 e. The van der Waals surface area contributed by atoms with Crippen molar-refractivity contribution in [3.8, 4) is 0 Å². The van der Waals surface area contributed by atoms with Crippen LogP contribution in [0.15, 0.2) is 22.2 Å². The van der Waals surface area contributed by atoms with Gasteiger partial charge >= 0.3 is 0 Å². The van der Waals surface area contributed by atoms with Gasteiger partial charge in [-0.3, -0.25) is 9.59 Å². The summed E-state index contributed by atoms with van der Waals surface area (Å²) < 4.78 is 0. The van der Waals surface area contributed by atoms with Crippen molar-refractivity contribution in [3.05, 3.63) is 22.2 Å². The lowest BCUT2D eigenvalue weighted by molar-refractivity contribution is -0.133. The highest BCUT2D eigenvalue weighted by molar-refractivity contribution is 8.03. The maximum Gasteiger partial charge on any atom is 0.171 e. The first-order chi connectivity index (χ1) is 9.82. The molecule has 6 heteroatoms. The van der Waals surface area contributed by atoms with Crippen molar-refractivity contribution in [1.82, 2.24) is 9.80 Å². The molecule has 0 unspecified atom stereocenters. The van der Waals surface area contributed by atoms with Gasteiger partial charge in [0.15, 0.2) is 11.6 Å². The van der Waals surface area contributed by atoms with Crippen LogP contribution in [0.25, 0.3) is 0 Å². The molecule has 2 aliphatic heterocycles. The summed E-state index contributed by atoms with van der Waals surface area (Å²) in [5.74, 6) is 1.75. The summed E-state index contributed by atoms with van der Waals surface area (Å²) in [6, 6.07) is 0. The summed E-state index contributed by atoms with van der Waals surface area (Å²) in [7, 11) is 3.94. The van der Waals surface area contributed by atoms with Gasteiger partial charge in [0.05, 0.1) is 15.5 Å². The lowest BCUT2D eigenvalue weighted by Crippen LogP contribution is -2.32. The summed E-state index contributed by atoms with van der Waals surface area (Å²) in [5.41, 5.74) is -1.01. The fourth-order valence-corrected chi connectivity index (χ4v) is 4.18. The van der Waals surface area contributed by atoms with E-state index in [1.807, 2.05) is 14.1 Å². The summed E-state index contributed by atoms with van der Waals surface area (Å²) in [4.78, 5) is 29.1. The molecule has 0 aromatic heterocycles. The maximum absolute atomic E-state index is 12.5. The van der Waals surface area contributed by atoms with E-state index in [0.29, 0.717) is 0 Å². The van der Waals surface area contributed by atoms with E-state index in [2.05, 4.69) is 9.80 Å². The fourth-order valence-electron chi connectivity index (χ4n) is 2.03.